The highest BCUT2D eigenvalue weighted by molar-refractivity contribution is 6.31. The van der Waals surface area contributed by atoms with E-state index in [1.807, 2.05) is 24.3 Å². The Morgan fingerprint density at radius 2 is 1.89 bits per heavy atom. The molecule has 2 N–H and O–H groups in total. The van der Waals surface area contributed by atoms with E-state index in [0.29, 0.717) is 18.7 Å². The van der Waals surface area contributed by atoms with Gasteiger partial charge in [-0.3, -0.25) is 4.98 Å². The summed E-state index contributed by atoms with van der Waals surface area (Å²) >= 11 is 6.03. The number of hydrogen-bond donors (Lipinski definition) is 2. The molecule has 0 radical (unpaired) electrons. The van der Waals surface area contributed by atoms with E-state index >= 15 is 0 Å². The average Bonchev–Trinajstić information content (AvgIpc) is 2.42. The Balaban J connectivity index is 1.77. The Morgan fingerprint density at radius 3 is 2.63 bits per heavy atom. The van der Waals surface area contributed by atoms with Crippen LogP contribution in [0.1, 0.15) is 5.56 Å². The second-order valence-corrected chi connectivity index (χ2v) is 4.37. The summed E-state index contributed by atoms with van der Waals surface area (Å²) in [7, 11) is 0. The van der Waals surface area contributed by atoms with Gasteiger partial charge in [0.15, 0.2) is 0 Å². The van der Waals surface area contributed by atoms with Gasteiger partial charge in [0.25, 0.3) is 0 Å². The summed E-state index contributed by atoms with van der Waals surface area (Å²) in [5.41, 5.74) is 1.73. The highest BCUT2D eigenvalue weighted by Gasteiger charge is 2.02. The molecule has 0 bridgehead atoms. The van der Waals surface area contributed by atoms with Crippen LogP contribution in [0.2, 0.25) is 5.02 Å². The van der Waals surface area contributed by atoms with Crippen molar-refractivity contribution in [1.82, 2.24) is 10.3 Å². The third-order valence-corrected chi connectivity index (χ3v) is 2.94. The van der Waals surface area contributed by atoms with Crippen molar-refractivity contribution in [3.05, 3.63) is 59.4 Å². The number of benzene rings is 1. The normalized spacial score (nSPS) is 9.95. The Bertz CT molecular complexity index is 545. The highest BCUT2D eigenvalue weighted by atomic mass is 35.5. The van der Waals surface area contributed by atoms with E-state index in [-0.39, 0.29) is 6.03 Å². The fourth-order valence-electron chi connectivity index (χ4n) is 1.62. The van der Waals surface area contributed by atoms with Crippen molar-refractivity contribution in [2.75, 3.05) is 11.9 Å². The lowest BCUT2D eigenvalue weighted by molar-refractivity contribution is 0.252. The predicted octanol–water partition coefficient (Wildman–Crippen LogP) is 3.10. The second-order valence-electron chi connectivity index (χ2n) is 3.96. The molecular formula is C14H14ClN3O. The fraction of sp³-hybridized carbons (Fsp3) is 0.143. The van der Waals surface area contributed by atoms with Crippen LogP contribution in [0.15, 0.2) is 48.8 Å². The number of aromatic nitrogens is 1. The van der Waals surface area contributed by atoms with E-state index in [9.17, 15) is 4.79 Å². The van der Waals surface area contributed by atoms with Crippen molar-refractivity contribution in [3.8, 4) is 0 Å². The zero-order valence-corrected chi connectivity index (χ0v) is 11.0. The number of hydrogen-bond acceptors (Lipinski definition) is 2. The van der Waals surface area contributed by atoms with E-state index in [1.165, 1.54) is 0 Å². The lowest BCUT2D eigenvalue weighted by atomic mass is 10.1. The van der Waals surface area contributed by atoms with E-state index in [2.05, 4.69) is 15.6 Å². The van der Waals surface area contributed by atoms with Gasteiger partial charge in [0, 0.05) is 29.6 Å². The molecule has 0 aliphatic rings. The molecule has 0 spiro atoms. The van der Waals surface area contributed by atoms with Gasteiger partial charge >= 0.3 is 6.03 Å². The Hall–Kier alpha value is -2.07. The van der Waals surface area contributed by atoms with Crippen LogP contribution in [-0.4, -0.2) is 17.6 Å². The van der Waals surface area contributed by atoms with Crippen LogP contribution in [0.4, 0.5) is 10.5 Å². The molecule has 0 unspecified atom stereocenters. The minimum Gasteiger partial charge on any atom is -0.338 e. The first-order chi connectivity index (χ1) is 9.25. The number of amides is 2. The van der Waals surface area contributed by atoms with Gasteiger partial charge in [0.2, 0.25) is 0 Å². The minimum atomic E-state index is -0.238. The monoisotopic (exact) mass is 275 g/mol. The minimum absolute atomic E-state index is 0.238. The van der Waals surface area contributed by atoms with Crippen LogP contribution in [0.5, 0.6) is 0 Å². The van der Waals surface area contributed by atoms with Crippen LogP contribution in [0.25, 0.3) is 0 Å². The number of rotatable bonds is 4. The molecule has 4 nitrogen and oxygen atoms in total. The Kier molecular flexibility index (Phi) is 4.75. The fourth-order valence-corrected chi connectivity index (χ4v) is 1.85. The summed E-state index contributed by atoms with van der Waals surface area (Å²) < 4.78 is 0. The molecule has 0 saturated carbocycles. The lowest BCUT2D eigenvalue weighted by Crippen LogP contribution is -2.30. The smallest absolute Gasteiger partial charge is 0.319 e. The molecule has 1 aromatic heterocycles. The van der Waals surface area contributed by atoms with Gasteiger partial charge in [-0.15, -0.1) is 0 Å². The van der Waals surface area contributed by atoms with Crippen LogP contribution in [-0.2, 0) is 6.42 Å². The number of pyridine rings is 1. The van der Waals surface area contributed by atoms with Crippen LogP contribution >= 0.6 is 11.6 Å². The van der Waals surface area contributed by atoms with Crippen molar-refractivity contribution in [2.24, 2.45) is 0 Å². The van der Waals surface area contributed by atoms with Gasteiger partial charge in [-0.05, 0) is 30.2 Å². The number of carbonyl (C=O) groups is 1. The van der Waals surface area contributed by atoms with Gasteiger partial charge in [0.05, 0.1) is 0 Å². The molecular weight excluding hydrogens is 262 g/mol. The standard InChI is InChI=1S/C14H14ClN3O/c15-13-4-2-1-3-11(13)5-10-17-14(19)18-12-6-8-16-9-7-12/h1-4,6-9H,5,10H2,(H2,16,17,18,19). The first kappa shape index (κ1) is 13.4. The molecule has 1 aromatic carbocycles. The number of halogens is 1. The molecule has 19 heavy (non-hydrogen) atoms. The maximum absolute atomic E-state index is 11.6. The van der Waals surface area contributed by atoms with Crippen molar-refractivity contribution >= 4 is 23.3 Å². The average molecular weight is 276 g/mol. The molecule has 1 heterocycles. The van der Waals surface area contributed by atoms with Gasteiger partial charge in [0.1, 0.15) is 0 Å². The SMILES string of the molecule is O=C(NCCc1ccccc1Cl)Nc1ccncc1. The van der Waals surface area contributed by atoms with Gasteiger partial charge in [-0.2, -0.15) is 0 Å². The summed E-state index contributed by atoms with van der Waals surface area (Å²) in [5, 5.41) is 6.22. The van der Waals surface area contributed by atoms with Crippen LogP contribution in [0.3, 0.4) is 0 Å². The van der Waals surface area contributed by atoms with Gasteiger partial charge in [-0.1, -0.05) is 29.8 Å². The summed E-state index contributed by atoms with van der Waals surface area (Å²) in [6.45, 7) is 0.528. The second kappa shape index (κ2) is 6.75. The molecule has 0 aliphatic heterocycles. The third kappa shape index (κ3) is 4.26. The van der Waals surface area contributed by atoms with E-state index < -0.39 is 0 Å². The number of nitrogens with zero attached hydrogens (tertiary/aromatic N) is 1. The Labute approximate surface area is 116 Å². The summed E-state index contributed by atoms with van der Waals surface area (Å²) in [6, 6.07) is 10.8. The summed E-state index contributed by atoms with van der Waals surface area (Å²) in [4.78, 5) is 15.5. The number of anilines is 1. The van der Waals surface area contributed by atoms with Gasteiger partial charge in [-0.25, -0.2) is 4.79 Å². The maximum atomic E-state index is 11.6. The number of nitrogens with one attached hydrogen (secondary N) is 2. The number of carbonyl (C=O) groups excluding carboxylic acids is 1. The largest absolute Gasteiger partial charge is 0.338 e. The first-order valence-electron chi connectivity index (χ1n) is 5.94. The first-order valence-corrected chi connectivity index (χ1v) is 6.32. The lowest BCUT2D eigenvalue weighted by Gasteiger charge is -2.08. The van der Waals surface area contributed by atoms with Crippen molar-refractivity contribution < 1.29 is 4.79 Å². The van der Waals surface area contributed by atoms with Crippen LogP contribution < -0.4 is 10.6 Å². The summed E-state index contributed by atoms with van der Waals surface area (Å²) in [6.07, 6.45) is 3.95. The molecule has 2 rings (SSSR count). The highest BCUT2D eigenvalue weighted by Crippen LogP contribution is 2.14. The number of urea groups is 1. The zero-order chi connectivity index (χ0) is 13.5. The summed E-state index contributed by atoms with van der Waals surface area (Å²) in [5.74, 6) is 0. The molecule has 2 aromatic rings. The maximum Gasteiger partial charge on any atom is 0.319 e. The van der Waals surface area contributed by atoms with Crippen molar-refractivity contribution in [2.45, 2.75) is 6.42 Å². The third-order valence-electron chi connectivity index (χ3n) is 2.58. The zero-order valence-electron chi connectivity index (χ0n) is 10.3. The van der Waals surface area contributed by atoms with Gasteiger partial charge < -0.3 is 10.6 Å². The molecule has 0 aliphatic carbocycles. The quantitative estimate of drug-likeness (QED) is 0.901. The molecule has 5 heteroatoms. The van der Waals surface area contributed by atoms with E-state index in [1.54, 1.807) is 24.5 Å². The van der Waals surface area contributed by atoms with Crippen LogP contribution in [0, 0.1) is 0 Å². The van der Waals surface area contributed by atoms with E-state index in [4.69, 9.17) is 11.6 Å². The molecule has 2 amide bonds. The molecule has 98 valence electrons. The molecule has 0 fully saturated rings. The van der Waals surface area contributed by atoms with Crippen molar-refractivity contribution in [1.29, 1.82) is 0 Å². The van der Waals surface area contributed by atoms with E-state index in [0.717, 1.165) is 10.6 Å². The molecule has 0 saturated heterocycles. The predicted molar refractivity (Wildman–Crippen MR) is 76.4 cm³/mol. The van der Waals surface area contributed by atoms with Crippen molar-refractivity contribution in [3.63, 3.8) is 0 Å². The topological polar surface area (TPSA) is 54.0 Å². The molecule has 0 atom stereocenters. The Morgan fingerprint density at radius 1 is 1.16 bits per heavy atom.